The number of benzene rings is 2. The molecule has 3 aromatic rings. The molecule has 122 valence electrons. The Morgan fingerprint density at radius 2 is 1.83 bits per heavy atom. The molecule has 0 aliphatic heterocycles. The SMILES string of the molecule is Cc1cc(C(=O)Nc2ccc(SC(F)F)cc2)c2ccccc2n1. The Morgan fingerprint density at radius 1 is 1.12 bits per heavy atom. The number of rotatable bonds is 4. The molecule has 24 heavy (non-hydrogen) atoms. The number of nitrogens with one attached hydrogen (secondary N) is 1. The summed E-state index contributed by atoms with van der Waals surface area (Å²) in [6.07, 6.45) is 0. The van der Waals surface area contributed by atoms with Crippen molar-refractivity contribution in [1.29, 1.82) is 0 Å². The van der Waals surface area contributed by atoms with Gasteiger partial charge in [-0.15, -0.1) is 0 Å². The lowest BCUT2D eigenvalue weighted by molar-refractivity contribution is 0.102. The van der Waals surface area contributed by atoms with Crippen LogP contribution in [0.25, 0.3) is 10.9 Å². The highest BCUT2D eigenvalue weighted by molar-refractivity contribution is 7.99. The molecule has 3 nitrogen and oxygen atoms in total. The fourth-order valence-electron chi connectivity index (χ4n) is 2.41. The van der Waals surface area contributed by atoms with E-state index in [1.807, 2.05) is 31.2 Å². The first kappa shape index (κ1) is 16.4. The van der Waals surface area contributed by atoms with Crippen molar-refractivity contribution in [2.75, 3.05) is 5.32 Å². The van der Waals surface area contributed by atoms with Gasteiger partial charge in [0.1, 0.15) is 0 Å². The number of amides is 1. The summed E-state index contributed by atoms with van der Waals surface area (Å²) in [5.74, 6) is -2.72. The van der Waals surface area contributed by atoms with Gasteiger partial charge in [-0.2, -0.15) is 8.78 Å². The maximum atomic E-state index is 12.6. The van der Waals surface area contributed by atoms with Crippen LogP contribution in [-0.2, 0) is 0 Å². The molecule has 0 spiro atoms. The molecule has 0 atom stereocenters. The molecule has 0 unspecified atom stereocenters. The van der Waals surface area contributed by atoms with Gasteiger partial charge in [-0.1, -0.05) is 30.0 Å². The summed E-state index contributed by atoms with van der Waals surface area (Å²) in [6, 6.07) is 15.5. The minimum Gasteiger partial charge on any atom is -0.322 e. The highest BCUT2D eigenvalue weighted by Crippen LogP contribution is 2.26. The number of aryl methyl sites for hydroxylation is 1. The van der Waals surface area contributed by atoms with Gasteiger partial charge in [-0.3, -0.25) is 9.78 Å². The third kappa shape index (κ3) is 3.71. The number of fused-ring (bicyclic) bond motifs is 1. The van der Waals surface area contributed by atoms with Gasteiger partial charge in [0.25, 0.3) is 11.7 Å². The molecule has 1 amide bonds. The van der Waals surface area contributed by atoms with E-state index < -0.39 is 5.76 Å². The Hall–Kier alpha value is -2.47. The minimum absolute atomic E-state index is 0.258. The fourth-order valence-corrected chi connectivity index (χ4v) is 2.91. The average molecular weight is 344 g/mol. The number of alkyl halides is 2. The van der Waals surface area contributed by atoms with E-state index >= 15 is 0 Å². The predicted molar refractivity (Wildman–Crippen MR) is 92.7 cm³/mol. The van der Waals surface area contributed by atoms with Crippen LogP contribution in [0, 0.1) is 6.92 Å². The lowest BCUT2D eigenvalue weighted by Crippen LogP contribution is -2.13. The molecule has 0 saturated carbocycles. The van der Waals surface area contributed by atoms with Crippen LogP contribution in [0.1, 0.15) is 16.1 Å². The van der Waals surface area contributed by atoms with Gasteiger partial charge < -0.3 is 5.32 Å². The van der Waals surface area contributed by atoms with Gasteiger partial charge >= 0.3 is 0 Å². The summed E-state index contributed by atoms with van der Waals surface area (Å²) in [5, 5.41) is 3.56. The monoisotopic (exact) mass is 344 g/mol. The summed E-state index contributed by atoms with van der Waals surface area (Å²) in [6.45, 7) is 1.83. The van der Waals surface area contributed by atoms with Crippen LogP contribution in [0.5, 0.6) is 0 Å². The molecule has 1 aromatic heterocycles. The van der Waals surface area contributed by atoms with E-state index in [-0.39, 0.29) is 5.91 Å². The molecule has 1 heterocycles. The van der Waals surface area contributed by atoms with Crippen LogP contribution in [-0.4, -0.2) is 16.6 Å². The summed E-state index contributed by atoms with van der Waals surface area (Å²) in [4.78, 5) is 17.4. The first-order valence-corrected chi connectivity index (χ1v) is 8.13. The van der Waals surface area contributed by atoms with Crippen molar-refractivity contribution in [3.05, 3.63) is 65.9 Å². The topological polar surface area (TPSA) is 42.0 Å². The highest BCUT2D eigenvalue weighted by atomic mass is 32.2. The lowest BCUT2D eigenvalue weighted by atomic mass is 10.1. The summed E-state index contributed by atoms with van der Waals surface area (Å²) in [7, 11) is 0. The number of hydrogen-bond acceptors (Lipinski definition) is 3. The Morgan fingerprint density at radius 3 is 2.54 bits per heavy atom. The maximum absolute atomic E-state index is 12.6. The quantitative estimate of drug-likeness (QED) is 0.669. The fraction of sp³-hybridized carbons (Fsp3) is 0.111. The van der Waals surface area contributed by atoms with Gasteiger partial charge in [0, 0.05) is 21.7 Å². The molecule has 0 saturated heterocycles. The van der Waals surface area contributed by atoms with Crippen LogP contribution in [0.4, 0.5) is 14.5 Å². The van der Waals surface area contributed by atoms with E-state index in [0.717, 1.165) is 16.6 Å². The van der Waals surface area contributed by atoms with E-state index in [1.54, 1.807) is 30.3 Å². The van der Waals surface area contributed by atoms with E-state index in [9.17, 15) is 13.6 Å². The molecule has 0 aliphatic carbocycles. The molecule has 2 aromatic carbocycles. The number of pyridine rings is 1. The normalized spacial score (nSPS) is 11.0. The zero-order valence-electron chi connectivity index (χ0n) is 12.8. The number of carbonyl (C=O) groups is 1. The van der Waals surface area contributed by atoms with Gasteiger partial charge in [-0.25, -0.2) is 0 Å². The first-order valence-electron chi connectivity index (χ1n) is 7.25. The molecular formula is C18H14F2N2OS. The molecule has 0 aliphatic rings. The second-order valence-electron chi connectivity index (χ2n) is 5.19. The average Bonchev–Trinajstić information content (AvgIpc) is 2.55. The number of halogens is 2. The van der Waals surface area contributed by atoms with Crippen molar-refractivity contribution >= 4 is 34.3 Å². The number of nitrogens with zero attached hydrogens (tertiary/aromatic N) is 1. The van der Waals surface area contributed by atoms with E-state index in [0.29, 0.717) is 27.9 Å². The first-order chi connectivity index (χ1) is 11.5. The lowest BCUT2D eigenvalue weighted by Gasteiger charge is -2.09. The second kappa shape index (κ2) is 6.97. The Kier molecular flexibility index (Phi) is 4.76. The molecule has 0 radical (unpaired) electrons. The van der Waals surface area contributed by atoms with Crippen molar-refractivity contribution in [2.45, 2.75) is 17.6 Å². The second-order valence-corrected chi connectivity index (χ2v) is 6.25. The maximum Gasteiger partial charge on any atom is 0.288 e. The summed E-state index contributed by atoms with van der Waals surface area (Å²) >= 11 is 0.472. The van der Waals surface area contributed by atoms with Crippen molar-refractivity contribution < 1.29 is 13.6 Å². The standard InChI is InChI=1S/C18H14F2N2OS/c1-11-10-15(14-4-2-3-5-16(14)21-11)17(23)22-12-6-8-13(9-7-12)24-18(19)20/h2-10,18H,1H3,(H,22,23). The largest absolute Gasteiger partial charge is 0.322 e. The third-order valence-electron chi connectivity index (χ3n) is 3.43. The van der Waals surface area contributed by atoms with Crippen molar-refractivity contribution in [3.8, 4) is 0 Å². The van der Waals surface area contributed by atoms with E-state index in [2.05, 4.69) is 10.3 Å². The Bertz CT molecular complexity index is 882. The van der Waals surface area contributed by atoms with Crippen molar-refractivity contribution in [2.24, 2.45) is 0 Å². The third-order valence-corrected chi connectivity index (χ3v) is 4.15. The number of aromatic nitrogens is 1. The molecular weight excluding hydrogens is 330 g/mol. The van der Waals surface area contributed by atoms with Gasteiger partial charge in [0.05, 0.1) is 11.1 Å². The molecule has 3 rings (SSSR count). The van der Waals surface area contributed by atoms with Crippen LogP contribution >= 0.6 is 11.8 Å². The predicted octanol–water partition coefficient (Wildman–Crippen LogP) is 5.11. The minimum atomic E-state index is -2.46. The highest BCUT2D eigenvalue weighted by Gasteiger charge is 2.12. The molecule has 6 heteroatoms. The number of carbonyl (C=O) groups excluding carboxylic acids is 1. The molecule has 0 fully saturated rings. The van der Waals surface area contributed by atoms with Crippen LogP contribution in [0.15, 0.2) is 59.5 Å². The van der Waals surface area contributed by atoms with Gasteiger partial charge in [-0.05, 0) is 43.3 Å². The van der Waals surface area contributed by atoms with Crippen LogP contribution in [0.2, 0.25) is 0 Å². The molecule has 0 bridgehead atoms. The van der Waals surface area contributed by atoms with Crippen LogP contribution < -0.4 is 5.32 Å². The van der Waals surface area contributed by atoms with Gasteiger partial charge in [0.2, 0.25) is 0 Å². The summed E-state index contributed by atoms with van der Waals surface area (Å²) < 4.78 is 24.7. The smallest absolute Gasteiger partial charge is 0.288 e. The van der Waals surface area contributed by atoms with E-state index in [1.165, 1.54) is 0 Å². The van der Waals surface area contributed by atoms with Crippen LogP contribution in [0.3, 0.4) is 0 Å². The Labute approximate surface area is 142 Å². The van der Waals surface area contributed by atoms with Crippen molar-refractivity contribution in [3.63, 3.8) is 0 Å². The Balaban J connectivity index is 1.85. The van der Waals surface area contributed by atoms with E-state index in [4.69, 9.17) is 0 Å². The van der Waals surface area contributed by atoms with Crippen molar-refractivity contribution in [1.82, 2.24) is 4.98 Å². The zero-order valence-corrected chi connectivity index (χ0v) is 13.6. The molecule has 1 N–H and O–H groups in total. The number of thioether (sulfide) groups is 1. The summed E-state index contributed by atoms with van der Waals surface area (Å²) in [5.41, 5.74) is 2.59. The number of para-hydroxylation sites is 1. The number of hydrogen-bond donors (Lipinski definition) is 1. The van der Waals surface area contributed by atoms with Gasteiger partial charge in [0.15, 0.2) is 0 Å². The zero-order chi connectivity index (χ0) is 17.1. The number of anilines is 1.